The Bertz CT molecular complexity index is 259. The van der Waals surface area contributed by atoms with Gasteiger partial charge in [0.25, 0.3) is 0 Å². The van der Waals surface area contributed by atoms with Crippen LogP contribution in [0, 0.1) is 0 Å². The largest absolute Gasteiger partial charge is 0.385 e. The van der Waals surface area contributed by atoms with Crippen molar-refractivity contribution in [1.29, 1.82) is 0 Å². The molecule has 1 atom stereocenters. The highest BCUT2D eigenvalue weighted by molar-refractivity contribution is 5.52. The summed E-state index contributed by atoms with van der Waals surface area (Å²) < 4.78 is 0. The molecule has 3 nitrogen and oxygen atoms in total. The molecular formula is C8H11N3. The zero-order valence-corrected chi connectivity index (χ0v) is 6.25. The first-order valence-corrected chi connectivity index (χ1v) is 3.81. The number of hydrogen-bond donors (Lipinski definition) is 2. The normalized spacial score (nSPS) is 22.1. The lowest BCUT2D eigenvalue weighted by atomic mass is 10.0. The van der Waals surface area contributed by atoms with E-state index >= 15 is 0 Å². The highest BCUT2D eigenvalue weighted by Crippen LogP contribution is 2.25. The number of pyridine rings is 1. The van der Waals surface area contributed by atoms with E-state index in [9.17, 15) is 0 Å². The predicted molar refractivity (Wildman–Crippen MR) is 44.3 cm³/mol. The number of nitrogens with zero attached hydrogens (tertiary/aromatic N) is 1. The maximum absolute atomic E-state index is 5.87. The lowest BCUT2D eigenvalue weighted by Gasteiger charge is -2.22. The van der Waals surface area contributed by atoms with E-state index in [-0.39, 0.29) is 6.04 Å². The smallest absolute Gasteiger partial charge is 0.0419 e. The average Bonchev–Trinajstić information content (AvgIpc) is 2.06. The topological polar surface area (TPSA) is 50.9 Å². The summed E-state index contributed by atoms with van der Waals surface area (Å²) in [5.41, 5.74) is 8.14. The molecule has 3 N–H and O–H groups in total. The van der Waals surface area contributed by atoms with Gasteiger partial charge in [-0.3, -0.25) is 4.98 Å². The van der Waals surface area contributed by atoms with Crippen molar-refractivity contribution < 1.29 is 0 Å². The van der Waals surface area contributed by atoms with Crippen LogP contribution in [0.3, 0.4) is 0 Å². The maximum Gasteiger partial charge on any atom is 0.0419 e. The molecule has 3 heteroatoms. The first kappa shape index (κ1) is 6.61. The molecule has 0 fully saturated rings. The molecule has 2 heterocycles. The second kappa shape index (κ2) is 2.51. The van der Waals surface area contributed by atoms with Crippen LogP contribution in [0.4, 0.5) is 5.69 Å². The van der Waals surface area contributed by atoms with Crippen molar-refractivity contribution in [3.8, 4) is 0 Å². The third-order valence-electron chi connectivity index (χ3n) is 2.02. The monoisotopic (exact) mass is 149 g/mol. The number of fused-ring (bicyclic) bond motifs is 1. The van der Waals surface area contributed by atoms with Crippen LogP contribution in [-0.4, -0.2) is 11.5 Å². The van der Waals surface area contributed by atoms with E-state index < -0.39 is 0 Å². The average molecular weight is 149 g/mol. The number of nitrogens with one attached hydrogen (secondary N) is 1. The van der Waals surface area contributed by atoms with Crippen LogP contribution >= 0.6 is 0 Å². The lowest BCUT2D eigenvalue weighted by Crippen LogP contribution is -2.22. The number of rotatable bonds is 0. The van der Waals surface area contributed by atoms with Crippen molar-refractivity contribution in [2.45, 2.75) is 12.5 Å². The van der Waals surface area contributed by atoms with Crippen molar-refractivity contribution in [2.24, 2.45) is 5.73 Å². The van der Waals surface area contributed by atoms with Crippen LogP contribution in [0.25, 0.3) is 0 Å². The number of anilines is 1. The van der Waals surface area contributed by atoms with Gasteiger partial charge in [-0.1, -0.05) is 0 Å². The summed E-state index contributed by atoms with van der Waals surface area (Å²) >= 11 is 0. The molecule has 1 unspecified atom stereocenters. The summed E-state index contributed by atoms with van der Waals surface area (Å²) in [6.45, 7) is 0.970. The van der Waals surface area contributed by atoms with Crippen LogP contribution in [0.5, 0.6) is 0 Å². The quantitative estimate of drug-likeness (QED) is 0.576. The van der Waals surface area contributed by atoms with Gasteiger partial charge in [0.15, 0.2) is 0 Å². The van der Waals surface area contributed by atoms with Crippen LogP contribution in [0.2, 0.25) is 0 Å². The molecule has 0 bridgehead atoms. The Labute approximate surface area is 65.6 Å². The molecule has 1 aliphatic heterocycles. The Morgan fingerprint density at radius 2 is 2.55 bits per heavy atom. The van der Waals surface area contributed by atoms with Gasteiger partial charge in [-0.25, -0.2) is 0 Å². The van der Waals surface area contributed by atoms with E-state index in [4.69, 9.17) is 5.73 Å². The molecule has 2 rings (SSSR count). The van der Waals surface area contributed by atoms with E-state index in [0.717, 1.165) is 24.2 Å². The zero-order valence-electron chi connectivity index (χ0n) is 6.25. The fourth-order valence-electron chi connectivity index (χ4n) is 1.38. The summed E-state index contributed by atoms with van der Waals surface area (Å²) in [4.78, 5) is 4.03. The van der Waals surface area contributed by atoms with Gasteiger partial charge in [0, 0.05) is 36.2 Å². The van der Waals surface area contributed by atoms with E-state index in [2.05, 4.69) is 10.3 Å². The van der Waals surface area contributed by atoms with Gasteiger partial charge in [0.1, 0.15) is 0 Å². The van der Waals surface area contributed by atoms with E-state index in [1.54, 1.807) is 6.20 Å². The summed E-state index contributed by atoms with van der Waals surface area (Å²) in [5, 5.41) is 3.27. The Kier molecular flexibility index (Phi) is 1.51. The first-order valence-electron chi connectivity index (χ1n) is 3.81. The van der Waals surface area contributed by atoms with Gasteiger partial charge in [-0.15, -0.1) is 0 Å². The summed E-state index contributed by atoms with van der Waals surface area (Å²) in [6, 6.07) is 2.13. The lowest BCUT2D eigenvalue weighted by molar-refractivity contribution is 0.652. The summed E-state index contributed by atoms with van der Waals surface area (Å²) in [7, 11) is 0. The molecule has 1 aromatic rings. The van der Waals surface area contributed by atoms with Crippen molar-refractivity contribution >= 4 is 5.69 Å². The fraction of sp³-hybridized carbons (Fsp3) is 0.375. The first-order chi connectivity index (χ1) is 5.38. The number of hydrogen-bond acceptors (Lipinski definition) is 3. The van der Waals surface area contributed by atoms with Crippen LogP contribution < -0.4 is 11.1 Å². The number of nitrogens with two attached hydrogens (primary N) is 1. The molecular weight excluding hydrogens is 138 g/mol. The molecule has 0 radical (unpaired) electrons. The minimum Gasteiger partial charge on any atom is -0.385 e. The minimum absolute atomic E-state index is 0.167. The van der Waals surface area contributed by atoms with Crippen molar-refractivity contribution in [3.05, 3.63) is 24.0 Å². The maximum atomic E-state index is 5.87. The number of aromatic nitrogens is 1. The highest BCUT2D eigenvalue weighted by atomic mass is 14.9. The van der Waals surface area contributed by atoms with E-state index in [0.29, 0.717) is 0 Å². The zero-order chi connectivity index (χ0) is 7.68. The Morgan fingerprint density at radius 1 is 1.64 bits per heavy atom. The molecule has 0 saturated heterocycles. The molecule has 58 valence electrons. The fourth-order valence-corrected chi connectivity index (χ4v) is 1.38. The summed E-state index contributed by atoms with van der Waals surface area (Å²) in [5.74, 6) is 0. The molecule has 11 heavy (non-hydrogen) atoms. The summed E-state index contributed by atoms with van der Waals surface area (Å²) in [6.07, 6.45) is 4.62. The third-order valence-corrected chi connectivity index (χ3v) is 2.02. The molecule has 0 aromatic carbocycles. The molecule has 1 aromatic heterocycles. The van der Waals surface area contributed by atoms with Crippen molar-refractivity contribution in [1.82, 2.24) is 4.98 Å². The van der Waals surface area contributed by atoms with Gasteiger partial charge < -0.3 is 11.1 Å². The molecule has 0 aliphatic carbocycles. The Balaban J connectivity index is 2.44. The molecule has 1 aliphatic rings. The molecule has 0 amide bonds. The van der Waals surface area contributed by atoms with Gasteiger partial charge in [-0.05, 0) is 12.5 Å². The van der Waals surface area contributed by atoms with Crippen LogP contribution in [0.15, 0.2) is 18.5 Å². The third kappa shape index (κ3) is 1.07. The van der Waals surface area contributed by atoms with Gasteiger partial charge in [0.05, 0.1) is 0 Å². The SMILES string of the molecule is NC1CCNc2ccncc21. The van der Waals surface area contributed by atoms with Crippen molar-refractivity contribution in [3.63, 3.8) is 0 Å². The second-order valence-electron chi connectivity index (χ2n) is 2.78. The van der Waals surface area contributed by atoms with Crippen molar-refractivity contribution in [2.75, 3.05) is 11.9 Å². The highest BCUT2D eigenvalue weighted by Gasteiger charge is 2.14. The molecule has 0 saturated carbocycles. The van der Waals surface area contributed by atoms with E-state index in [1.807, 2.05) is 12.3 Å². The van der Waals surface area contributed by atoms with Gasteiger partial charge in [0.2, 0.25) is 0 Å². The van der Waals surface area contributed by atoms with Crippen LogP contribution in [0.1, 0.15) is 18.0 Å². The van der Waals surface area contributed by atoms with Gasteiger partial charge >= 0.3 is 0 Å². The Morgan fingerprint density at radius 3 is 3.36 bits per heavy atom. The minimum atomic E-state index is 0.167. The molecule has 0 spiro atoms. The predicted octanol–water partition coefficient (Wildman–Crippen LogP) is 0.897. The standard InChI is InChI=1S/C8H11N3/c9-7-1-4-11-8-2-3-10-5-6(7)8/h2-3,5,7,11H,1,4,9H2. The second-order valence-corrected chi connectivity index (χ2v) is 2.78. The van der Waals surface area contributed by atoms with E-state index in [1.165, 1.54) is 0 Å². The Hall–Kier alpha value is -1.09. The van der Waals surface area contributed by atoms with Crippen LogP contribution in [-0.2, 0) is 0 Å². The van der Waals surface area contributed by atoms with Gasteiger partial charge in [-0.2, -0.15) is 0 Å².